The predicted octanol–water partition coefficient (Wildman–Crippen LogP) is 2.08. The highest BCUT2D eigenvalue weighted by Gasteiger charge is 2.46. The number of aliphatic hydroxyl groups is 1. The number of nitrogens with zero attached hydrogens (tertiary/aromatic N) is 1. The van der Waals surface area contributed by atoms with Crippen LogP contribution in [0.25, 0.3) is 0 Å². The van der Waals surface area contributed by atoms with Crippen molar-refractivity contribution < 1.29 is 15.0 Å². The van der Waals surface area contributed by atoms with Crippen LogP contribution in [0, 0.1) is 0 Å². The highest BCUT2D eigenvalue weighted by Crippen LogP contribution is 2.38. The number of carboxylic acid groups (broad SMARTS) is 1. The predicted molar refractivity (Wildman–Crippen MR) is 63.7 cm³/mol. The Morgan fingerprint density at radius 2 is 2.00 bits per heavy atom. The molecule has 1 amide bonds. The van der Waals surface area contributed by atoms with Gasteiger partial charge >= 0.3 is 6.09 Å². The van der Waals surface area contributed by atoms with Gasteiger partial charge in [-0.05, 0) is 25.3 Å². The van der Waals surface area contributed by atoms with Crippen molar-refractivity contribution in [2.45, 2.75) is 38.0 Å². The fourth-order valence-electron chi connectivity index (χ4n) is 2.43. The third-order valence-corrected chi connectivity index (χ3v) is 3.42. The zero-order valence-corrected chi connectivity index (χ0v) is 9.84. The van der Waals surface area contributed by atoms with Crippen LogP contribution in [0.2, 0.25) is 0 Å². The summed E-state index contributed by atoms with van der Waals surface area (Å²) in [5, 5.41) is 18.6. The van der Waals surface area contributed by atoms with Crippen LogP contribution in [0.5, 0.6) is 0 Å². The van der Waals surface area contributed by atoms with E-state index in [0.29, 0.717) is 19.4 Å². The highest BCUT2D eigenvalue weighted by atomic mass is 16.4. The summed E-state index contributed by atoms with van der Waals surface area (Å²) in [6.07, 6.45) is -0.251. The summed E-state index contributed by atoms with van der Waals surface area (Å²) in [5.41, 5.74) is 0.540. The normalized spacial score (nSPS) is 27.3. The van der Waals surface area contributed by atoms with Gasteiger partial charge in [-0.3, -0.25) is 4.90 Å². The minimum atomic E-state index is -0.928. The molecule has 4 nitrogen and oxygen atoms in total. The number of hydrogen-bond acceptors (Lipinski definition) is 2. The Morgan fingerprint density at radius 1 is 1.41 bits per heavy atom. The monoisotopic (exact) mass is 235 g/mol. The fourth-order valence-corrected chi connectivity index (χ4v) is 2.43. The molecule has 2 N–H and O–H groups in total. The van der Waals surface area contributed by atoms with Crippen LogP contribution in [0.15, 0.2) is 30.3 Å². The molecular formula is C13H17NO3. The lowest BCUT2D eigenvalue weighted by molar-refractivity contribution is -0.0552. The molecule has 0 spiro atoms. The Balaban J connectivity index is 2.11. The van der Waals surface area contributed by atoms with Gasteiger partial charge in [0.25, 0.3) is 0 Å². The first-order valence-electron chi connectivity index (χ1n) is 5.74. The van der Waals surface area contributed by atoms with Gasteiger partial charge in [-0.25, -0.2) is 4.79 Å². The van der Waals surface area contributed by atoms with E-state index in [2.05, 4.69) is 0 Å². The van der Waals surface area contributed by atoms with E-state index in [1.807, 2.05) is 37.3 Å². The maximum atomic E-state index is 11.3. The van der Waals surface area contributed by atoms with Gasteiger partial charge in [-0.15, -0.1) is 0 Å². The van der Waals surface area contributed by atoms with Crippen LogP contribution in [0.1, 0.15) is 25.3 Å². The molecule has 0 radical (unpaired) electrons. The summed E-state index contributed by atoms with van der Waals surface area (Å²) in [6, 6.07) is 9.52. The SMILES string of the molecule is C[C@]1(N(Cc2ccccc2)C(=O)O)C[C@H](O)C1. The molecule has 1 aromatic rings. The van der Waals surface area contributed by atoms with E-state index < -0.39 is 11.6 Å². The minimum Gasteiger partial charge on any atom is -0.465 e. The Hall–Kier alpha value is -1.55. The highest BCUT2D eigenvalue weighted by molar-refractivity contribution is 5.66. The molecule has 0 heterocycles. The molecule has 1 saturated carbocycles. The lowest BCUT2D eigenvalue weighted by atomic mass is 9.74. The molecule has 1 aliphatic carbocycles. The van der Waals surface area contributed by atoms with E-state index >= 15 is 0 Å². The van der Waals surface area contributed by atoms with Crippen molar-refractivity contribution in [2.75, 3.05) is 0 Å². The van der Waals surface area contributed by atoms with E-state index in [1.54, 1.807) is 0 Å². The third-order valence-electron chi connectivity index (χ3n) is 3.42. The second kappa shape index (κ2) is 4.37. The lowest BCUT2D eigenvalue weighted by Gasteiger charge is -2.49. The number of rotatable bonds is 3. The number of benzene rings is 1. The van der Waals surface area contributed by atoms with Gasteiger partial charge in [0.1, 0.15) is 0 Å². The van der Waals surface area contributed by atoms with Crippen molar-refractivity contribution in [1.29, 1.82) is 0 Å². The maximum absolute atomic E-state index is 11.3. The second-order valence-corrected chi connectivity index (χ2v) is 4.91. The van der Waals surface area contributed by atoms with Crippen LogP contribution in [-0.2, 0) is 6.54 Å². The average molecular weight is 235 g/mol. The Morgan fingerprint density at radius 3 is 2.47 bits per heavy atom. The Bertz CT molecular complexity index is 398. The van der Waals surface area contributed by atoms with E-state index in [0.717, 1.165) is 5.56 Å². The fraction of sp³-hybridized carbons (Fsp3) is 0.462. The smallest absolute Gasteiger partial charge is 0.408 e. The Kier molecular flexibility index (Phi) is 3.07. The average Bonchev–Trinajstić information content (AvgIpc) is 2.25. The summed E-state index contributed by atoms with van der Waals surface area (Å²) in [5.74, 6) is 0. The van der Waals surface area contributed by atoms with Crippen molar-refractivity contribution in [2.24, 2.45) is 0 Å². The van der Waals surface area contributed by atoms with Crippen LogP contribution < -0.4 is 0 Å². The molecule has 0 atom stereocenters. The molecule has 0 aromatic heterocycles. The molecule has 0 unspecified atom stereocenters. The summed E-state index contributed by atoms with van der Waals surface area (Å²) in [4.78, 5) is 12.7. The van der Waals surface area contributed by atoms with E-state index in [1.165, 1.54) is 4.90 Å². The molecular weight excluding hydrogens is 218 g/mol. The number of hydrogen-bond donors (Lipinski definition) is 2. The number of amides is 1. The van der Waals surface area contributed by atoms with Crippen LogP contribution in [0.3, 0.4) is 0 Å². The second-order valence-electron chi connectivity index (χ2n) is 4.91. The number of aliphatic hydroxyl groups excluding tert-OH is 1. The van der Waals surface area contributed by atoms with Gasteiger partial charge < -0.3 is 10.2 Å². The van der Waals surface area contributed by atoms with Gasteiger partial charge in [-0.1, -0.05) is 30.3 Å². The Labute approximate surface area is 100 Å². The van der Waals surface area contributed by atoms with Crippen molar-refractivity contribution in [3.8, 4) is 0 Å². The first-order chi connectivity index (χ1) is 8.01. The minimum absolute atomic E-state index is 0.363. The molecule has 4 heteroatoms. The summed E-state index contributed by atoms with van der Waals surface area (Å²) >= 11 is 0. The van der Waals surface area contributed by atoms with Crippen molar-refractivity contribution in [3.63, 3.8) is 0 Å². The molecule has 0 saturated heterocycles. The molecule has 0 bridgehead atoms. The topological polar surface area (TPSA) is 60.8 Å². The summed E-state index contributed by atoms with van der Waals surface area (Å²) < 4.78 is 0. The zero-order valence-electron chi connectivity index (χ0n) is 9.84. The zero-order chi connectivity index (χ0) is 12.5. The van der Waals surface area contributed by atoms with Crippen LogP contribution >= 0.6 is 0 Å². The largest absolute Gasteiger partial charge is 0.465 e. The van der Waals surface area contributed by atoms with E-state index in [9.17, 15) is 15.0 Å². The van der Waals surface area contributed by atoms with Crippen molar-refractivity contribution in [3.05, 3.63) is 35.9 Å². The van der Waals surface area contributed by atoms with Gasteiger partial charge in [-0.2, -0.15) is 0 Å². The van der Waals surface area contributed by atoms with Gasteiger partial charge in [0.15, 0.2) is 0 Å². The van der Waals surface area contributed by atoms with Gasteiger partial charge in [0.2, 0.25) is 0 Å². The molecule has 2 rings (SSSR count). The first kappa shape index (κ1) is 11.9. The van der Waals surface area contributed by atoms with Crippen molar-refractivity contribution >= 4 is 6.09 Å². The van der Waals surface area contributed by atoms with Gasteiger partial charge in [0.05, 0.1) is 6.10 Å². The lowest BCUT2D eigenvalue weighted by Crippen LogP contribution is -2.58. The standard InChI is InChI=1S/C13H17NO3/c1-13(7-11(15)8-13)14(12(16)17)9-10-5-3-2-4-6-10/h2-6,11,15H,7-9H2,1H3,(H,16,17)/t11-,13-. The quantitative estimate of drug-likeness (QED) is 0.843. The molecule has 17 heavy (non-hydrogen) atoms. The summed E-state index contributed by atoms with van der Waals surface area (Å²) in [7, 11) is 0. The molecule has 1 fully saturated rings. The molecule has 92 valence electrons. The van der Waals surface area contributed by atoms with E-state index in [-0.39, 0.29) is 6.10 Å². The molecule has 0 aliphatic heterocycles. The third kappa shape index (κ3) is 2.42. The summed E-state index contributed by atoms with van der Waals surface area (Å²) in [6.45, 7) is 2.26. The first-order valence-corrected chi connectivity index (χ1v) is 5.74. The van der Waals surface area contributed by atoms with E-state index in [4.69, 9.17) is 0 Å². The van der Waals surface area contributed by atoms with Crippen molar-refractivity contribution in [1.82, 2.24) is 4.90 Å². The number of carbonyl (C=O) groups is 1. The van der Waals surface area contributed by atoms with Gasteiger partial charge in [0, 0.05) is 12.1 Å². The van der Waals surface area contributed by atoms with Crippen LogP contribution in [0.4, 0.5) is 4.79 Å². The maximum Gasteiger partial charge on any atom is 0.408 e. The van der Waals surface area contributed by atoms with Crippen LogP contribution in [-0.4, -0.2) is 32.8 Å². The molecule has 1 aromatic carbocycles. The molecule has 1 aliphatic rings.